The number of carbonyl (C=O) groups excluding carboxylic acids is 1. The number of cyclic esters (lactones) is 1. The van der Waals surface area contributed by atoms with Crippen LogP contribution in [0.1, 0.15) is 20.3 Å². The molecule has 0 aromatic carbocycles. The molecule has 1 aliphatic rings. The molecule has 3 heteroatoms. The first-order valence-corrected chi connectivity index (χ1v) is 3.95. The molecule has 0 aliphatic carbocycles. The number of aliphatic hydroxyl groups excluding tert-OH is 1. The Morgan fingerprint density at radius 2 is 2.27 bits per heavy atom. The number of ether oxygens (including phenoxy) is 1. The minimum absolute atomic E-state index is 0.0162. The van der Waals surface area contributed by atoms with Gasteiger partial charge in [0.2, 0.25) is 0 Å². The number of aliphatic hydroxyl groups is 1. The Labute approximate surface area is 66.4 Å². The summed E-state index contributed by atoms with van der Waals surface area (Å²) in [5.41, 5.74) is 0. The molecule has 1 rings (SSSR count). The Bertz CT molecular complexity index is 153. The summed E-state index contributed by atoms with van der Waals surface area (Å²) in [6, 6.07) is 0. The van der Waals surface area contributed by atoms with E-state index in [-0.39, 0.29) is 17.8 Å². The summed E-state index contributed by atoms with van der Waals surface area (Å²) < 4.78 is 4.74. The van der Waals surface area contributed by atoms with E-state index < -0.39 is 6.10 Å². The summed E-state index contributed by atoms with van der Waals surface area (Å²) in [6.45, 7) is 4.26. The molecule has 0 unspecified atom stereocenters. The van der Waals surface area contributed by atoms with Gasteiger partial charge in [-0.3, -0.25) is 4.79 Å². The molecule has 1 fully saturated rings. The van der Waals surface area contributed by atoms with E-state index in [1.54, 1.807) is 0 Å². The first-order valence-electron chi connectivity index (χ1n) is 3.95. The van der Waals surface area contributed by atoms with Crippen molar-refractivity contribution in [3.8, 4) is 0 Å². The standard InChI is InChI=1S/C8H14O3/c1-5(2)8(10)6-3-7(9)11-4-6/h5-6,8,10H,3-4H2,1-2H3/t6-,8+/m1/s1. The fourth-order valence-electron chi connectivity index (χ4n) is 1.30. The van der Waals surface area contributed by atoms with Crippen molar-refractivity contribution < 1.29 is 14.6 Å². The van der Waals surface area contributed by atoms with E-state index in [0.29, 0.717) is 13.0 Å². The average molecular weight is 158 g/mol. The second-order valence-corrected chi connectivity index (χ2v) is 3.38. The monoisotopic (exact) mass is 158 g/mol. The number of hydrogen-bond donors (Lipinski definition) is 1. The highest BCUT2D eigenvalue weighted by atomic mass is 16.5. The van der Waals surface area contributed by atoms with Crippen LogP contribution in [0, 0.1) is 11.8 Å². The lowest BCUT2D eigenvalue weighted by Crippen LogP contribution is -2.26. The fraction of sp³-hybridized carbons (Fsp3) is 0.875. The summed E-state index contributed by atoms with van der Waals surface area (Å²) >= 11 is 0. The zero-order valence-electron chi connectivity index (χ0n) is 6.91. The smallest absolute Gasteiger partial charge is 0.306 e. The quantitative estimate of drug-likeness (QED) is 0.597. The first kappa shape index (κ1) is 8.53. The van der Waals surface area contributed by atoms with Crippen molar-refractivity contribution in [2.24, 2.45) is 11.8 Å². The second-order valence-electron chi connectivity index (χ2n) is 3.38. The molecule has 2 atom stereocenters. The lowest BCUT2D eigenvalue weighted by atomic mass is 9.93. The van der Waals surface area contributed by atoms with Gasteiger partial charge < -0.3 is 9.84 Å². The number of carbonyl (C=O) groups is 1. The fourth-order valence-corrected chi connectivity index (χ4v) is 1.30. The summed E-state index contributed by atoms with van der Waals surface area (Å²) in [5, 5.41) is 9.51. The van der Waals surface area contributed by atoms with Gasteiger partial charge in [-0.15, -0.1) is 0 Å². The predicted octanol–water partition coefficient (Wildman–Crippen LogP) is 0.566. The van der Waals surface area contributed by atoms with Crippen molar-refractivity contribution in [1.29, 1.82) is 0 Å². The maximum absolute atomic E-state index is 10.6. The summed E-state index contributed by atoms with van der Waals surface area (Å²) in [6.07, 6.45) is -0.0271. The molecule has 1 heterocycles. The van der Waals surface area contributed by atoms with Crippen LogP contribution in [-0.2, 0) is 9.53 Å². The maximum atomic E-state index is 10.6. The highest BCUT2D eigenvalue weighted by molar-refractivity contribution is 5.71. The third kappa shape index (κ3) is 1.93. The SMILES string of the molecule is CC(C)[C@H](O)[C@H]1COC(=O)C1. The summed E-state index contributed by atoms with van der Waals surface area (Å²) in [4.78, 5) is 10.6. The Kier molecular flexibility index (Phi) is 2.49. The molecule has 11 heavy (non-hydrogen) atoms. The van der Waals surface area contributed by atoms with Gasteiger partial charge in [0, 0.05) is 5.92 Å². The Morgan fingerprint density at radius 1 is 1.64 bits per heavy atom. The second kappa shape index (κ2) is 3.22. The molecule has 1 aliphatic heterocycles. The van der Waals surface area contributed by atoms with E-state index >= 15 is 0 Å². The van der Waals surface area contributed by atoms with Gasteiger partial charge >= 0.3 is 5.97 Å². The van der Waals surface area contributed by atoms with Crippen molar-refractivity contribution in [2.75, 3.05) is 6.61 Å². The van der Waals surface area contributed by atoms with Crippen molar-refractivity contribution in [1.82, 2.24) is 0 Å². The molecule has 0 aromatic heterocycles. The Hall–Kier alpha value is -0.570. The van der Waals surface area contributed by atoms with Gasteiger partial charge in [-0.2, -0.15) is 0 Å². The maximum Gasteiger partial charge on any atom is 0.306 e. The van der Waals surface area contributed by atoms with E-state index in [9.17, 15) is 9.90 Å². The van der Waals surface area contributed by atoms with Gasteiger partial charge in [-0.05, 0) is 5.92 Å². The molecule has 0 radical (unpaired) electrons. The lowest BCUT2D eigenvalue weighted by molar-refractivity contribution is -0.137. The van der Waals surface area contributed by atoms with Gasteiger partial charge in [0.15, 0.2) is 0 Å². The molecule has 0 spiro atoms. The average Bonchev–Trinajstić information content (AvgIpc) is 2.34. The zero-order valence-corrected chi connectivity index (χ0v) is 6.91. The van der Waals surface area contributed by atoms with Crippen LogP contribution in [0.4, 0.5) is 0 Å². The number of esters is 1. The normalized spacial score (nSPS) is 27.3. The molecular weight excluding hydrogens is 144 g/mol. The third-order valence-corrected chi connectivity index (χ3v) is 2.05. The van der Waals surface area contributed by atoms with Gasteiger partial charge in [0.1, 0.15) is 0 Å². The van der Waals surface area contributed by atoms with Crippen molar-refractivity contribution in [2.45, 2.75) is 26.4 Å². The molecule has 0 amide bonds. The minimum Gasteiger partial charge on any atom is -0.465 e. The van der Waals surface area contributed by atoms with E-state index in [1.807, 2.05) is 13.8 Å². The van der Waals surface area contributed by atoms with Gasteiger partial charge in [-0.1, -0.05) is 13.8 Å². The van der Waals surface area contributed by atoms with E-state index in [2.05, 4.69) is 0 Å². The lowest BCUT2D eigenvalue weighted by Gasteiger charge is -2.18. The molecule has 1 N–H and O–H groups in total. The number of hydrogen-bond acceptors (Lipinski definition) is 3. The number of rotatable bonds is 2. The predicted molar refractivity (Wildman–Crippen MR) is 39.9 cm³/mol. The first-order chi connectivity index (χ1) is 5.11. The molecule has 0 saturated carbocycles. The van der Waals surface area contributed by atoms with Gasteiger partial charge in [0.25, 0.3) is 0 Å². The van der Waals surface area contributed by atoms with Crippen molar-refractivity contribution in [3.63, 3.8) is 0 Å². The highest BCUT2D eigenvalue weighted by Gasteiger charge is 2.31. The van der Waals surface area contributed by atoms with Crippen LogP contribution < -0.4 is 0 Å². The third-order valence-electron chi connectivity index (χ3n) is 2.05. The largest absolute Gasteiger partial charge is 0.465 e. The van der Waals surface area contributed by atoms with Crippen molar-refractivity contribution >= 4 is 5.97 Å². The van der Waals surface area contributed by atoms with E-state index in [1.165, 1.54) is 0 Å². The summed E-state index contributed by atoms with van der Waals surface area (Å²) in [5.74, 6) is 0.0340. The molecule has 1 saturated heterocycles. The highest BCUT2D eigenvalue weighted by Crippen LogP contribution is 2.22. The van der Waals surface area contributed by atoms with Gasteiger partial charge in [-0.25, -0.2) is 0 Å². The van der Waals surface area contributed by atoms with Crippen LogP contribution in [-0.4, -0.2) is 23.8 Å². The zero-order chi connectivity index (χ0) is 8.43. The summed E-state index contributed by atoms with van der Waals surface area (Å²) in [7, 11) is 0. The van der Waals surface area contributed by atoms with E-state index in [4.69, 9.17) is 4.74 Å². The van der Waals surface area contributed by atoms with Crippen LogP contribution in [0.25, 0.3) is 0 Å². The Balaban J connectivity index is 2.43. The Morgan fingerprint density at radius 3 is 2.64 bits per heavy atom. The minimum atomic E-state index is -0.401. The van der Waals surface area contributed by atoms with Crippen molar-refractivity contribution in [3.05, 3.63) is 0 Å². The molecule has 64 valence electrons. The van der Waals surface area contributed by atoms with E-state index in [0.717, 1.165) is 0 Å². The van der Waals surface area contributed by atoms with Crippen LogP contribution in [0.15, 0.2) is 0 Å². The molecule has 3 nitrogen and oxygen atoms in total. The molecule has 0 bridgehead atoms. The van der Waals surface area contributed by atoms with Crippen LogP contribution in [0.2, 0.25) is 0 Å². The molecule has 0 aromatic rings. The molecular formula is C8H14O3. The van der Waals surface area contributed by atoms with Crippen LogP contribution in [0.3, 0.4) is 0 Å². The van der Waals surface area contributed by atoms with Crippen LogP contribution in [0.5, 0.6) is 0 Å². The topological polar surface area (TPSA) is 46.5 Å². The van der Waals surface area contributed by atoms with Crippen LogP contribution >= 0.6 is 0 Å². The van der Waals surface area contributed by atoms with Gasteiger partial charge in [0.05, 0.1) is 19.1 Å².